The van der Waals surface area contributed by atoms with Crippen molar-refractivity contribution in [3.63, 3.8) is 0 Å². The Kier molecular flexibility index (Phi) is 2.73. The molecular formula is C7H9BN2O4. The molecule has 0 atom stereocenters. The molecule has 7 heteroatoms. The molecule has 0 fully saturated rings. The van der Waals surface area contributed by atoms with Crippen LogP contribution in [-0.4, -0.2) is 22.1 Å². The van der Waals surface area contributed by atoms with Gasteiger partial charge in [0, 0.05) is 22.8 Å². The molecule has 74 valence electrons. The van der Waals surface area contributed by atoms with Gasteiger partial charge in [-0.2, -0.15) is 0 Å². The zero-order valence-corrected chi connectivity index (χ0v) is 7.47. The smallest absolute Gasteiger partial charge is 0.423 e. The standard InChI is InChI=1S/C7H9BN2O4/c1-4-6(10(13)14)3-2-5(9)7(4)8(11)12/h2-3,11-12H,9H2,1H3. The first kappa shape index (κ1) is 10.5. The van der Waals surface area contributed by atoms with Gasteiger partial charge in [0.05, 0.1) is 4.92 Å². The van der Waals surface area contributed by atoms with E-state index in [0.717, 1.165) is 0 Å². The molecular weight excluding hydrogens is 187 g/mol. The van der Waals surface area contributed by atoms with Crippen molar-refractivity contribution in [3.8, 4) is 0 Å². The Bertz CT molecular complexity index is 380. The molecule has 0 aromatic heterocycles. The number of hydrogen-bond donors (Lipinski definition) is 3. The van der Waals surface area contributed by atoms with Crippen LogP contribution >= 0.6 is 0 Å². The van der Waals surface area contributed by atoms with E-state index >= 15 is 0 Å². The van der Waals surface area contributed by atoms with Crippen molar-refractivity contribution in [2.45, 2.75) is 6.92 Å². The van der Waals surface area contributed by atoms with E-state index < -0.39 is 12.0 Å². The Hall–Kier alpha value is -1.60. The molecule has 0 unspecified atom stereocenters. The number of nitrogens with zero attached hydrogens (tertiary/aromatic N) is 1. The molecule has 14 heavy (non-hydrogen) atoms. The van der Waals surface area contributed by atoms with Gasteiger partial charge in [-0.25, -0.2) is 0 Å². The second-order valence-corrected chi connectivity index (χ2v) is 2.84. The highest BCUT2D eigenvalue weighted by atomic mass is 16.6. The number of nitrogens with two attached hydrogens (primary N) is 1. The van der Waals surface area contributed by atoms with Crippen LogP contribution in [0.1, 0.15) is 5.56 Å². The van der Waals surface area contributed by atoms with Crippen molar-refractivity contribution >= 4 is 24.0 Å². The van der Waals surface area contributed by atoms with Crippen molar-refractivity contribution in [3.05, 3.63) is 27.8 Å². The summed E-state index contributed by atoms with van der Waals surface area (Å²) in [5.74, 6) is 0. The van der Waals surface area contributed by atoms with Crippen LogP contribution in [0.25, 0.3) is 0 Å². The molecule has 0 amide bonds. The van der Waals surface area contributed by atoms with Gasteiger partial charge >= 0.3 is 7.12 Å². The normalized spacial score (nSPS) is 9.93. The molecule has 0 aliphatic carbocycles. The Labute approximate surface area is 80.3 Å². The van der Waals surface area contributed by atoms with E-state index in [-0.39, 0.29) is 22.4 Å². The summed E-state index contributed by atoms with van der Waals surface area (Å²) in [6, 6.07) is 2.51. The van der Waals surface area contributed by atoms with Gasteiger partial charge in [0.2, 0.25) is 0 Å². The summed E-state index contributed by atoms with van der Waals surface area (Å²) in [5.41, 5.74) is 5.55. The second kappa shape index (κ2) is 3.65. The van der Waals surface area contributed by atoms with E-state index in [1.54, 1.807) is 0 Å². The SMILES string of the molecule is Cc1c([N+](=O)[O-])ccc(N)c1B(O)O. The van der Waals surface area contributed by atoms with Gasteiger partial charge in [0.1, 0.15) is 0 Å². The maximum Gasteiger partial charge on any atom is 0.491 e. The molecule has 6 nitrogen and oxygen atoms in total. The van der Waals surface area contributed by atoms with Crippen LogP contribution < -0.4 is 11.2 Å². The highest BCUT2D eigenvalue weighted by molar-refractivity contribution is 6.61. The molecule has 0 heterocycles. The Balaban J connectivity index is 3.41. The van der Waals surface area contributed by atoms with Crippen molar-refractivity contribution in [2.75, 3.05) is 5.73 Å². The number of anilines is 1. The van der Waals surface area contributed by atoms with Gasteiger partial charge in [0.25, 0.3) is 5.69 Å². The minimum atomic E-state index is -1.80. The molecule has 4 N–H and O–H groups in total. The second-order valence-electron chi connectivity index (χ2n) is 2.84. The summed E-state index contributed by atoms with van der Waals surface area (Å²) in [4.78, 5) is 9.91. The van der Waals surface area contributed by atoms with Gasteiger partial charge in [-0.3, -0.25) is 10.1 Å². The van der Waals surface area contributed by atoms with Crippen LogP contribution in [0.4, 0.5) is 11.4 Å². The van der Waals surface area contributed by atoms with Crippen LogP contribution in [0, 0.1) is 17.0 Å². The number of nitrogen functional groups attached to an aromatic ring is 1. The van der Waals surface area contributed by atoms with E-state index in [1.807, 2.05) is 0 Å². The largest absolute Gasteiger partial charge is 0.491 e. The molecule has 1 aromatic rings. The predicted octanol–water partition coefficient (Wildman–Crippen LogP) is -0.835. The van der Waals surface area contributed by atoms with Gasteiger partial charge < -0.3 is 15.8 Å². The van der Waals surface area contributed by atoms with Crippen LogP contribution in [0.3, 0.4) is 0 Å². The minimum Gasteiger partial charge on any atom is -0.423 e. The molecule has 0 saturated carbocycles. The van der Waals surface area contributed by atoms with E-state index in [2.05, 4.69) is 0 Å². The first-order valence-electron chi connectivity index (χ1n) is 3.84. The number of hydrogen-bond acceptors (Lipinski definition) is 5. The first-order chi connectivity index (χ1) is 6.45. The van der Waals surface area contributed by atoms with Crippen LogP contribution in [-0.2, 0) is 0 Å². The Morgan fingerprint density at radius 3 is 2.50 bits per heavy atom. The average molecular weight is 196 g/mol. The highest BCUT2D eigenvalue weighted by Crippen LogP contribution is 2.18. The topological polar surface area (TPSA) is 110 Å². The number of nitro benzene ring substituents is 1. The highest BCUT2D eigenvalue weighted by Gasteiger charge is 2.23. The van der Waals surface area contributed by atoms with Crippen molar-refractivity contribution in [2.24, 2.45) is 0 Å². The monoisotopic (exact) mass is 196 g/mol. The van der Waals surface area contributed by atoms with Crippen molar-refractivity contribution < 1.29 is 15.0 Å². The zero-order chi connectivity index (χ0) is 10.9. The van der Waals surface area contributed by atoms with Crippen LogP contribution in [0.15, 0.2) is 12.1 Å². The predicted molar refractivity (Wildman–Crippen MR) is 52.1 cm³/mol. The molecule has 0 bridgehead atoms. The lowest BCUT2D eigenvalue weighted by Gasteiger charge is -2.08. The molecule has 0 aliphatic rings. The molecule has 0 aliphatic heterocycles. The average Bonchev–Trinajstić information content (AvgIpc) is 2.02. The Morgan fingerprint density at radius 1 is 1.50 bits per heavy atom. The lowest BCUT2D eigenvalue weighted by atomic mass is 9.75. The van der Waals surface area contributed by atoms with Crippen molar-refractivity contribution in [1.82, 2.24) is 0 Å². The van der Waals surface area contributed by atoms with Gasteiger partial charge in [-0.15, -0.1) is 0 Å². The third-order valence-corrected chi connectivity index (χ3v) is 1.97. The van der Waals surface area contributed by atoms with E-state index in [0.29, 0.717) is 0 Å². The number of benzene rings is 1. The number of rotatable bonds is 2. The van der Waals surface area contributed by atoms with Gasteiger partial charge in [-0.05, 0) is 13.0 Å². The summed E-state index contributed by atoms with van der Waals surface area (Å²) in [6.45, 7) is 1.42. The minimum absolute atomic E-state index is 0.0146. The first-order valence-corrected chi connectivity index (χ1v) is 3.84. The summed E-state index contributed by atoms with van der Waals surface area (Å²) in [6.07, 6.45) is 0. The Morgan fingerprint density at radius 2 is 2.07 bits per heavy atom. The van der Waals surface area contributed by atoms with E-state index in [9.17, 15) is 10.1 Å². The molecule has 1 rings (SSSR count). The van der Waals surface area contributed by atoms with E-state index in [1.165, 1.54) is 19.1 Å². The zero-order valence-electron chi connectivity index (χ0n) is 7.47. The van der Waals surface area contributed by atoms with Crippen LogP contribution in [0.2, 0.25) is 0 Å². The van der Waals surface area contributed by atoms with Gasteiger partial charge in [0.15, 0.2) is 0 Å². The maximum atomic E-state index is 10.5. The third kappa shape index (κ3) is 1.68. The fraction of sp³-hybridized carbons (Fsp3) is 0.143. The summed E-state index contributed by atoms with van der Waals surface area (Å²) in [7, 11) is -1.80. The molecule has 0 saturated heterocycles. The fourth-order valence-corrected chi connectivity index (χ4v) is 1.28. The van der Waals surface area contributed by atoms with E-state index in [4.69, 9.17) is 15.8 Å². The third-order valence-electron chi connectivity index (χ3n) is 1.97. The fourth-order valence-electron chi connectivity index (χ4n) is 1.28. The molecule has 0 radical (unpaired) electrons. The summed E-state index contributed by atoms with van der Waals surface area (Å²) >= 11 is 0. The van der Waals surface area contributed by atoms with Crippen LogP contribution in [0.5, 0.6) is 0 Å². The lowest BCUT2D eigenvalue weighted by Crippen LogP contribution is -2.34. The quantitative estimate of drug-likeness (QED) is 0.247. The van der Waals surface area contributed by atoms with Crippen molar-refractivity contribution in [1.29, 1.82) is 0 Å². The molecule has 1 aromatic carbocycles. The maximum absolute atomic E-state index is 10.5. The summed E-state index contributed by atoms with van der Waals surface area (Å²) < 4.78 is 0. The summed E-state index contributed by atoms with van der Waals surface area (Å²) in [5, 5.41) is 28.4. The molecule has 0 spiro atoms. The lowest BCUT2D eigenvalue weighted by molar-refractivity contribution is -0.385. The number of nitro groups is 1. The van der Waals surface area contributed by atoms with Gasteiger partial charge in [-0.1, -0.05) is 0 Å².